The topological polar surface area (TPSA) is 73.9 Å². The fourth-order valence-electron chi connectivity index (χ4n) is 2.04. The van der Waals surface area contributed by atoms with Crippen molar-refractivity contribution < 1.29 is 9.26 Å². The van der Waals surface area contributed by atoms with Gasteiger partial charge in [-0.05, 0) is 35.7 Å². The van der Waals surface area contributed by atoms with Crippen LogP contribution in [-0.2, 0) is 6.61 Å². The van der Waals surface area contributed by atoms with E-state index >= 15 is 0 Å². The van der Waals surface area contributed by atoms with Crippen molar-refractivity contribution >= 4 is 33.2 Å². The second kappa shape index (κ2) is 5.94. The van der Waals surface area contributed by atoms with Gasteiger partial charge in [-0.2, -0.15) is 4.98 Å². The standard InChI is InChI=1S/C15H9ClN4O2S/c16-10-3-1-9(2-4-10)13-19-12(22-20-13)7-21-14-11-5-6-23-15(11)18-8-17-14/h1-6,8H,7H2. The Morgan fingerprint density at radius 3 is 2.87 bits per heavy atom. The summed E-state index contributed by atoms with van der Waals surface area (Å²) in [6.45, 7) is 0.141. The molecule has 0 aliphatic carbocycles. The van der Waals surface area contributed by atoms with Crippen LogP contribution in [-0.4, -0.2) is 20.1 Å². The highest BCUT2D eigenvalue weighted by atomic mass is 35.5. The maximum atomic E-state index is 5.86. The lowest BCUT2D eigenvalue weighted by molar-refractivity contribution is 0.238. The third-order valence-corrected chi connectivity index (χ3v) is 4.20. The summed E-state index contributed by atoms with van der Waals surface area (Å²) in [5.74, 6) is 1.36. The van der Waals surface area contributed by atoms with Gasteiger partial charge >= 0.3 is 0 Å². The van der Waals surface area contributed by atoms with E-state index in [4.69, 9.17) is 20.9 Å². The molecule has 23 heavy (non-hydrogen) atoms. The Balaban J connectivity index is 1.52. The summed E-state index contributed by atoms with van der Waals surface area (Å²) in [6.07, 6.45) is 1.47. The molecule has 0 unspecified atom stereocenters. The maximum absolute atomic E-state index is 5.86. The van der Waals surface area contributed by atoms with E-state index in [9.17, 15) is 0 Å². The van der Waals surface area contributed by atoms with E-state index in [1.807, 2.05) is 23.6 Å². The van der Waals surface area contributed by atoms with Gasteiger partial charge in [0.05, 0.1) is 5.39 Å². The minimum atomic E-state index is 0.141. The van der Waals surface area contributed by atoms with E-state index in [0.717, 1.165) is 15.8 Å². The maximum Gasteiger partial charge on any atom is 0.264 e. The van der Waals surface area contributed by atoms with Crippen LogP contribution >= 0.6 is 22.9 Å². The highest BCUT2D eigenvalue weighted by molar-refractivity contribution is 7.16. The normalized spacial score (nSPS) is 11.0. The number of aromatic nitrogens is 4. The third-order valence-electron chi connectivity index (χ3n) is 3.13. The molecule has 0 saturated carbocycles. The Morgan fingerprint density at radius 1 is 1.13 bits per heavy atom. The van der Waals surface area contributed by atoms with Crippen molar-refractivity contribution in [2.24, 2.45) is 0 Å². The van der Waals surface area contributed by atoms with Crippen LogP contribution in [0.3, 0.4) is 0 Å². The van der Waals surface area contributed by atoms with Crippen LogP contribution in [0.4, 0.5) is 0 Å². The molecule has 114 valence electrons. The van der Waals surface area contributed by atoms with Crippen LogP contribution < -0.4 is 4.74 Å². The molecule has 6 nitrogen and oxygen atoms in total. The Morgan fingerprint density at radius 2 is 2.00 bits per heavy atom. The highest BCUT2D eigenvalue weighted by Gasteiger charge is 2.11. The van der Waals surface area contributed by atoms with Crippen LogP contribution in [0.25, 0.3) is 21.6 Å². The van der Waals surface area contributed by atoms with Gasteiger partial charge in [0.2, 0.25) is 11.7 Å². The Kier molecular flexibility index (Phi) is 3.64. The predicted molar refractivity (Wildman–Crippen MR) is 86.5 cm³/mol. The molecule has 0 aliphatic rings. The van der Waals surface area contributed by atoms with E-state index in [1.54, 1.807) is 12.1 Å². The van der Waals surface area contributed by atoms with Gasteiger partial charge in [-0.1, -0.05) is 16.8 Å². The molecule has 3 heterocycles. The zero-order chi connectivity index (χ0) is 15.6. The van der Waals surface area contributed by atoms with Crippen LogP contribution in [0.5, 0.6) is 5.88 Å². The first-order valence-electron chi connectivity index (χ1n) is 6.69. The molecule has 0 spiro atoms. The first-order chi connectivity index (χ1) is 11.3. The van der Waals surface area contributed by atoms with Gasteiger partial charge in [-0.3, -0.25) is 0 Å². The predicted octanol–water partition coefficient (Wildman–Crippen LogP) is 3.97. The van der Waals surface area contributed by atoms with Crippen LogP contribution in [0.1, 0.15) is 5.89 Å². The number of benzene rings is 1. The molecule has 4 rings (SSSR count). The second-order valence-electron chi connectivity index (χ2n) is 4.63. The van der Waals surface area contributed by atoms with Gasteiger partial charge in [0.25, 0.3) is 5.89 Å². The monoisotopic (exact) mass is 344 g/mol. The second-order valence-corrected chi connectivity index (χ2v) is 5.96. The summed E-state index contributed by atoms with van der Waals surface area (Å²) in [5.41, 5.74) is 0.826. The molecule has 0 aliphatic heterocycles. The number of thiophene rings is 1. The lowest BCUT2D eigenvalue weighted by Gasteiger charge is -2.02. The Bertz CT molecular complexity index is 951. The number of rotatable bonds is 4. The van der Waals surface area contributed by atoms with E-state index in [2.05, 4.69) is 20.1 Å². The smallest absolute Gasteiger partial charge is 0.264 e. The zero-order valence-electron chi connectivity index (χ0n) is 11.6. The summed E-state index contributed by atoms with van der Waals surface area (Å²) in [4.78, 5) is 13.5. The fraction of sp³-hybridized carbons (Fsp3) is 0.0667. The number of fused-ring (bicyclic) bond motifs is 1. The van der Waals surface area contributed by atoms with Crippen LogP contribution in [0.2, 0.25) is 5.02 Å². The Hall–Kier alpha value is -2.51. The van der Waals surface area contributed by atoms with Gasteiger partial charge in [0.15, 0.2) is 6.61 Å². The molecular weight excluding hydrogens is 336 g/mol. The Labute approximate surface area is 139 Å². The van der Waals surface area contributed by atoms with Gasteiger partial charge in [0, 0.05) is 10.6 Å². The van der Waals surface area contributed by atoms with Crippen LogP contribution in [0.15, 0.2) is 46.6 Å². The van der Waals surface area contributed by atoms with Gasteiger partial charge in [-0.15, -0.1) is 11.3 Å². The first-order valence-corrected chi connectivity index (χ1v) is 7.95. The molecule has 0 fully saturated rings. The quantitative estimate of drug-likeness (QED) is 0.557. The molecule has 8 heteroatoms. The zero-order valence-corrected chi connectivity index (χ0v) is 13.2. The average molecular weight is 345 g/mol. The molecule has 4 aromatic rings. The number of hydrogen-bond acceptors (Lipinski definition) is 7. The molecule has 0 N–H and O–H groups in total. The van der Waals surface area contributed by atoms with Crippen molar-refractivity contribution in [3.8, 4) is 17.3 Å². The molecule has 0 bridgehead atoms. The van der Waals surface area contributed by atoms with Crippen molar-refractivity contribution in [2.45, 2.75) is 6.61 Å². The van der Waals surface area contributed by atoms with Crippen molar-refractivity contribution in [1.82, 2.24) is 20.1 Å². The molecule has 0 saturated heterocycles. The summed E-state index contributed by atoms with van der Waals surface area (Å²) in [5, 5.41) is 7.41. The van der Waals surface area contributed by atoms with E-state index in [0.29, 0.717) is 22.6 Å². The van der Waals surface area contributed by atoms with E-state index in [1.165, 1.54) is 17.7 Å². The molecule has 0 amide bonds. The van der Waals surface area contributed by atoms with Crippen LogP contribution in [0, 0.1) is 0 Å². The molecule has 0 atom stereocenters. The molecule has 0 radical (unpaired) electrons. The average Bonchev–Trinajstić information content (AvgIpc) is 3.23. The minimum Gasteiger partial charge on any atom is -0.467 e. The van der Waals surface area contributed by atoms with Crippen molar-refractivity contribution in [1.29, 1.82) is 0 Å². The number of ether oxygens (including phenoxy) is 1. The van der Waals surface area contributed by atoms with Crippen molar-refractivity contribution in [3.05, 3.63) is 53.0 Å². The highest BCUT2D eigenvalue weighted by Crippen LogP contribution is 2.26. The number of hydrogen-bond donors (Lipinski definition) is 0. The molecular formula is C15H9ClN4O2S. The van der Waals surface area contributed by atoms with E-state index < -0.39 is 0 Å². The minimum absolute atomic E-state index is 0.141. The summed E-state index contributed by atoms with van der Waals surface area (Å²) >= 11 is 7.40. The summed E-state index contributed by atoms with van der Waals surface area (Å²) in [6, 6.07) is 9.13. The fourth-order valence-corrected chi connectivity index (χ4v) is 2.89. The lowest BCUT2D eigenvalue weighted by Crippen LogP contribution is -1.98. The SMILES string of the molecule is Clc1ccc(-c2noc(COc3ncnc4sccc34)n2)cc1. The molecule has 3 aromatic heterocycles. The third kappa shape index (κ3) is 2.88. The van der Waals surface area contributed by atoms with Gasteiger partial charge in [0.1, 0.15) is 11.2 Å². The van der Waals surface area contributed by atoms with Crippen molar-refractivity contribution in [3.63, 3.8) is 0 Å². The number of nitrogens with zero attached hydrogens (tertiary/aromatic N) is 4. The molecule has 1 aromatic carbocycles. The summed E-state index contributed by atoms with van der Waals surface area (Å²) < 4.78 is 10.9. The van der Waals surface area contributed by atoms with Gasteiger partial charge in [-0.25, -0.2) is 9.97 Å². The first kappa shape index (κ1) is 14.1. The van der Waals surface area contributed by atoms with Crippen molar-refractivity contribution in [2.75, 3.05) is 0 Å². The number of halogens is 1. The summed E-state index contributed by atoms with van der Waals surface area (Å²) in [7, 11) is 0. The lowest BCUT2D eigenvalue weighted by atomic mass is 10.2. The largest absolute Gasteiger partial charge is 0.467 e. The van der Waals surface area contributed by atoms with Gasteiger partial charge < -0.3 is 9.26 Å². The van der Waals surface area contributed by atoms with E-state index in [-0.39, 0.29) is 6.61 Å².